The third-order valence-corrected chi connectivity index (χ3v) is 15.8. The number of aliphatic hydroxyl groups is 3. The Hall–Kier alpha value is -3.71. The van der Waals surface area contributed by atoms with Gasteiger partial charge in [0, 0.05) is 61.9 Å². The molecule has 0 unspecified atom stereocenters. The van der Waals surface area contributed by atoms with Gasteiger partial charge in [-0.3, -0.25) is 19.2 Å². The number of fused-ring (bicyclic) bond motifs is 3. The van der Waals surface area contributed by atoms with Crippen LogP contribution in [0.2, 0.25) is 0 Å². The molecule has 1 saturated carbocycles. The number of Topliss-reactive ketones (excluding diaryl/α,β-unsaturated/α-hetero) is 3. The van der Waals surface area contributed by atoms with Crippen molar-refractivity contribution in [3.63, 3.8) is 0 Å². The number of nitrogens with two attached hydrogens (primary N) is 1. The molecule has 3 fully saturated rings. The standard InChI is InChI=1S/C56H81BrN2O13/c1-33-15-10-9-11-16-34(2)47(68-7)30-42-22-20-38(6)56(67,72-42)53(64)54(65)59-24-13-12-19-44(59)55(66)71-48(31-45(60)35(3)26-37(5)51(62)52(63)50(61)36(4)25-33)43(58)28-39-21-23-46(49(29-39)69-8)70-32-40-17-14-18-41(57)27-40/h9-11,14-18,26-27,33,35-36,38-39,42-44,46-49,51-52,62-63,67H,12-13,19-25,28-32,58H2,1-8H3/b11-9+,15-10+,34-16+,37-26+/t33-,35-,36-,38-,39+,42+,43-,44+,46-,47+,48+,49-,51-,52+,56-/m1/s1. The molecule has 0 radical (unpaired) electrons. The summed E-state index contributed by atoms with van der Waals surface area (Å²) in [4.78, 5) is 71.8. The van der Waals surface area contributed by atoms with Gasteiger partial charge in [0.25, 0.3) is 11.7 Å². The summed E-state index contributed by atoms with van der Waals surface area (Å²) < 4.78 is 31.4. The van der Waals surface area contributed by atoms with Gasteiger partial charge >= 0.3 is 5.97 Å². The number of benzene rings is 1. The number of ketones is 3. The number of rotatable bonds is 8. The van der Waals surface area contributed by atoms with Crippen LogP contribution in [-0.4, -0.2) is 131 Å². The number of ether oxygens (including phenoxy) is 5. The minimum atomic E-state index is -2.46. The smallest absolute Gasteiger partial charge is 0.329 e. The molecule has 15 nitrogen and oxygen atoms in total. The molecule has 1 aliphatic carbocycles. The number of hydrogen-bond acceptors (Lipinski definition) is 14. The molecule has 1 aromatic rings. The van der Waals surface area contributed by atoms with Gasteiger partial charge < -0.3 is 49.6 Å². The number of esters is 1. The predicted molar refractivity (Wildman–Crippen MR) is 276 cm³/mol. The summed E-state index contributed by atoms with van der Waals surface area (Å²) in [5.41, 5.74) is 9.07. The second-order valence-electron chi connectivity index (χ2n) is 21.0. The number of methoxy groups -OCH3 is 2. The van der Waals surface area contributed by atoms with Gasteiger partial charge in [0.2, 0.25) is 5.79 Å². The Morgan fingerprint density at radius 2 is 1.62 bits per heavy atom. The predicted octanol–water partition coefficient (Wildman–Crippen LogP) is 7.20. The lowest BCUT2D eigenvalue weighted by atomic mass is 9.80. The quantitative estimate of drug-likeness (QED) is 0.115. The Labute approximate surface area is 435 Å². The fourth-order valence-electron chi connectivity index (χ4n) is 10.7. The minimum Gasteiger partial charge on any atom is -0.459 e. The van der Waals surface area contributed by atoms with Crippen molar-refractivity contribution < 1.29 is 63.0 Å². The lowest BCUT2D eigenvalue weighted by Gasteiger charge is -2.42. The molecule has 5 rings (SSSR count). The average Bonchev–Trinajstić information content (AvgIpc) is 3.36. The van der Waals surface area contributed by atoms with Crippen LogP contribution in [0.4, 0.5) is 0 Å². The van der Waals surface area contributed by atoms with Crippen molar-refractivity contribution in [2.45, 2.75) is 186 Å². The molecular formula is C56H81BrN2O13. The second kappa shape index (κ2) is 27.7. The number of allylic oxidation sites excluding steroid dienone is 6. The Bertz CT molecular complexity index is 2140. The van der Waals surface area contributed by atoms with Gasteiger partial charge in [0.1, 0.15) is 30.1 Å². The molecule has 5 N–H and O–H groups in total. The van der Waals surface area contributed by atoms with Crippen molar-refractivity contribution in [3.8, 4) is 0 Å². The Morgan fingerprint density at radius 1 is 0.875 bits per heavy atom. The maximum absolute atomic E-state index is 14.5. The number of nitrogens with zero attached hydrogens (tertiary/aromatic N) is 1. The first-order chi connectivity index (χ1) is 34.2. The highest BCUT2D eigenvalue weighted by molar-refractivity contribution is 9.10. The van der Waals surface area contributed by atoms with Crippen LogP contribution in [-0.2, 0) is 54.3 Å². The monoisotopic (exact) mass is 1070 g/mol. The van der Waals surface area contributed by atoms with Gasteiger partial charge in [-0.2, -0.15) is 0 Å². The molecule has 0 aromatic heterocycles. The van der Waals surface area contributed by atoms with Gasteiger partial charge in [0.15, 0.2) is 5.78 Å². The zero-order valence-electron chi connectivity index (χ0n) is 43.6. The van der Waals surface area contributed by atoms with Crippen LogP contribution in [0.25, 0.3) is 0 Å². The number of aliphatic hydroxyl groups excluding tert-OH is 2. The number of hydrogen-bond donors (Lipinski definition) is 4. The minimum absolute atomic E-state index is 0.0117. The van der Waals surface area contributed by atoms with Crippen molar-refractivity contribution in [1.82, 2.24) is 4.90 Å². The number of amides is 1. The van der Waals surface area contributed by atoms with Crippen LogP contribution < -0.4 is 5.73 Å². The molecule has 400 valence electrons. The average molecular weight is 1070 g/mol. The molecule has 72 heavy (non-hydrogen) atoms. The first-order valence-corrected chi connectivity index (χ1v) is 26.7. The zero-order chi connectivity index (χ0) is 52.9. The Kier molecular flexibility index (Phi) is 22.8. The lowest BCUT2D eigenvalue weighted by Crippen LogP contribution is -2.61. The van der Waals surface area contributed by atoms with E-state index in [1.54, 1.807) is 41.9 Å². The van der Waals surface area contributed by atoms with E-state index in [4.69, 9.17) is 29.4 Å². The van der Waals surface area contributed by atoms with Crippen LogP contribution in [0.3, 0.4) is 0 Å². The number of carbonyl (C=O) groups is 5. The molecule has 0 spiro atoms. The third kappa shape index (κ3) is 15.9. The summed E-state index contributed by atoms with van der Waals surface area (Å²) in [6.45, 7) is 10.8. The van der Waals surface area contributed by atoms with E-state index >= 15 is 0 Å². The van der Waals surface area contributed by atoms with Crippen molar-refractivity contribution in [2.24, 2.45) is 35.3 Å². The highest BCUT2D eigenvalue weighted by Gasteiger charge is 2.53. The third-order valence-electron chi connectivity index (χ3n) is 15.3. The normalized spacial score (nSPS) is 37.6. The highest BCUT2D eigenvalue weighted by Crippen LogP contribution is 2.37. The number of cyclic esters (lactones) is 1. The number of carbonyl (C=O) groups excluding carboxylic acids is 5. The fraction of sp³-hybridized carbons (Fsp3) is 0.661. The van der Waals surface area contributed by atoms with Gasteiger partial charge in [-0.25, -0.2) is 4.79 Å². The topological polar surface area (TPSA) is 221 Å². The maximum Gasteiger partial charge on any atom is 0.329 e. The Balaban J connectivity index is 1.42. The van der Waals surface area contributed by atoms with Crippen molar-refractivity contribution >= 4 is 45.2 Å². The van der Waals surface area contributed by atoms with Crippen molar-refractivity contribution in [3.05, 3.63) is 81.9 Å². The van der Waals surface area contributed by atoms with E-state index in [0.717, 1.165) is 26.9 Å². The maximum atomic E-state index is 14.5. The zero-order valence-corrected chi connectivity index (χ0v) is 45.2. The van der Waals surface area contributed by atoms with E-state index in [9.17, 15) is 39.3 Å². The molecule has 15 atom stereocenters. The van der Waals surface area contributed by atoms with Crippen LogP contribution >= 0.6 is 15.9 Å². The first-order valence-electron chi connectivity index (χ1n) is 25.9. The van der Waals surface area contributed by atoms with E-state index in [1.165, 1.54) is 6.08 Å². The summed E-state index contributed by atoms with van der Waals surface area (Å²) in [5, 5.41) is 34.3. The fourth-order valence-corrected chi connectivity index (χ4v) is 11.1. The molecule has 1 aromatic carbocycles. The van der Waals surface area contributed by atoms with Gasteiger partial charge in [0.05, 0.1) is 31.0 Å². The molecule has 3 aliphatic heterocycles. The summed E-state index contributed by atoms with van der Waals surface area (Å²) >= 11 is 3.52. The van der Waals surface area contributed by atoms with E-state index in [0.29, 0.717) is 64.4 Å². The summed E-state index contributed by atoms with van der Waals surface area (Å²) in [5.74, 6) is -8.64. The molecule has 4 aliphatic rings. The van der Waals surface area contributed by atoms with Crippen LogP contribution in [0.1, 0.15) is 124 Å². The summed E-state index contributed by atoms with van der Waals surface area (Å²) in [7, 11) is 3.21. The van der Waals surface area contributed by atoms with E-state index < -0.39 is 89.6 Å². The molecule has 3 heterocycles. The SMILES string of the molecule is CO[C@H]1C[C@@H]2CC[C@@H](C)[C@@](O)(O2)C(=O)C(=O)N2CCCC[C@H]2C(=O)O[C@H]([C@H](N)C[C@@H]2CC[C@@H](OCc3cccc(Br)c3)[C@H](OC)C2)CC(=O)[C@H](C)/C=C(\C)[C@@H](O)[C@@H](O)C(=O)[C@H](C)C[C@H](C)/C=C/C=C/C=C/1C. The van der Waals surface area contributed by atoms with Gasteiger partial charge in [-0.1, -0.05) is 92.2 Å². The summed E-state index contributed by atoms with van der Waals surface area (Å²) in [6.07, 6.45) is 9.79. The first kappa shape index (κ1) is 59.2. The molecule has 16 heteroatoms. The van der Waals surface area contributed by atoms with Crippen molar-refractivity contribution in [1.29, 1.82) is 0 Å². The molecule has 2 saturated heterocycles. The highest BCUT2D eigenvalue weighted by atomic mass is 79.9. The van der Waals surface area contributed by atoms with Crippen LogP contribution in [0.15, 0.2) is 76.3 Å². The summed E-state index contributed by atoms with van der Waals surface area (Å²) in [6, 6.07) is 5.85. The molecular weight excluding hydrogens is 989 g/mol. The van der Waals surface area contributed by atoms with Crippen molar-refractivity contribution in [2.75, 3.05) is 20.8 Å². The largest absolute Gasteiger partial charge is 0.459 e. The Morgan fingerprint density at radius 3 is 2.33 bits per heavy atom. The van der Waals surface area contributed by atoms with E-state index in [1.807, 2.05) is 68.5 Å². The van der Waals surface area contributed by atoms with Crippen LogP contribution in [0.5, 0.6) is 0 Å². The molecule has 1 amide bonds. The van der Waals surface area contributed by atoms with Crippen LogP contribution in [0, 0.1) is 29.6 Å². The second-order valence-corrected chi connectivity index (χ2v) is 21.9. The lowest BCUT2D eigenvalue weighted by molar-refractivity contribution is -0.265. The number of halogens is 1. The molecule has 2 bridgehead atoms. The van der Waals surface area contributed by atoms with E-state index in [2.05, 4.69) is 15.9 Å². The van der Waals surface area contributed by atoms with Gasteiger partial charge in [-0.05, 0) is 119 Å². The van der Waals surface area contributed by atoms with Gasteiger partial charge in [-0.15, -0.1) is 0 Å². The number of piperidine rings is 1. The van der Waals surface area contributed by atoms with E-state index in [-0.39, 0.29) is 54.8 Å².